The summed E-state index contributed by atoms with van der Waals surface area (Å²) in [5, 5.41) is 17.4. The molecule has 2 rings (SSSR count). The fourth-order valence-corrected chi connectivity index (χ4v) is 2.43. The van der Waals surface area contributed by atoms with Crippen molar-refractivity contribution in [2.24, 2.45) is 0 Å². The number of nitrogens with zero attached hydrogens (tertiary/aromatic N) is 3. The number of nitrogens with two attached hydrogens (primary N) is 1. The number of thioether (sulfide) groups is 1. The Hall–Kier alpha value is -1.73. The van der Waals surface area contributed by atoms with Crippen molar-refractivity contribution in [3.05, 3.63) is 28.8 Å². The molecule has 0 unspecified atom stereocenters. The van der Waals surface area contributed by atoms with E-state index >= 15 is 0 Å². The summed E-state index contributed by atoms with van der Waals surface area (Å²) in [5.41, 5.74) is 1.72. The fraction of sp³-hybridized carbons (Fsp3) is 0.182. The van der Waals surface area contributed by atoms with Gasteiger partial charge in [-0.3, -0.25) is 4.79 Å². The van der Waals surface area contributed by atoms with Gasteiger partial charge in [-0.15, -0.1) is 10.2 Å². The Bertz CT molecular complexity index is 609. The summed E-state index contributed by atoms with van der Waals surface area (Å²) in [7, 11) is 0. The minimum Gasteiger partial charge on any atom is -0.481 e. The molecular weight excluding hydrogens is 288 g/mol. The van der Waals surface area contributed by atoms with Crippen LogP contribution in [0.5, 0.6) is 0 Å². The molecule has 0 bridgehead atoms. The van der Waals surface area contributed by atoms with E-state index in [-0.39, 0.29) is 5.75 Å². The molecule has 0 spiro atoms. The Labute approximate surface area is 118 Å². The fourth-order valence-electron chi connectivity index (χ4n) is 1.56. The third-order valence-electron chi connectivity index (χ3n) is 2.29. The summed E-state index contributed by atoms with van der Waals surface area (Å²) in [6.07, 6.45) is 0. The molecule has 3 N–H and O–H groups in total. The molecule has 6 nitrogen and oxygen atoms in total. The van der Waals surface area contributed by atoms with Crippen molar-refractivity contribution in [3.63, 3.8) is 0 Å². The highest BCUT2D eigenvalue weighted by molar-refractivity contribution is 7.99. The molecule has 19 heavy (non-hydrogen) atoms. The highest BCUT2D eigenvalue weighted by Crippen LogP contribution is 2.25. The minimum absolute atomic E-state index is 0.121. The van der Waals surface area contributed by atoms with Gasteiger partial charge >= 0.3 is 5.97 Å². The molecule has 1 aromatic heterocycles. The van der Waals surface area contributed by atoms with Crippen LogP contribution in [0.25, 0.3) is 11.4 Å². The molecule has 0 saturated carbocycles. The number of carboxylic acid groups (broad SMARTS) is 1. The van der Waals surface area contributed by atoms with Gasteiger partial charge in [-0.1, -0.05) is 23.4 Å². The van der Waals surface area contributed by atoms with E-state index in [0.29, 0.717) is 16.0 Å². The smallest absolute Gasteiger partial charge is 0.313 e. The van der Waals surface area contributed by atoms with Crippen molar-refractivity contribution in [3.8, 4) is 11.4 Å². The maximum absolute atomic E-state index is 10.5. The Morgan fingerprint density at radius 2 is 2.21 bits per heavy atom. The van der Waals surface area contributed by atoms with Gasteiger partial charge in [0.25, 0.3) is 0 Å². The molecule has 0 fully saturated rings. The van der Waals surface area contributed by atoms with Crippen LogP contribution in [0.1, 0.15) is 5.56 Å². The number of rotatable bonds is 4. The summed E-state index contributed by atoms with van der Waals surface area (Å²) >= 11 is 6.99. The summed E-state index contributed by atoms with van der Waals surface area (Å²) in [6.45, 7) is 1.91. The molecule has 0 saturated heterocycles. The quantitative estimate of drug-likeness (QED) is 0.660. The maximum Gasteiger partial charge on any atom is 0.313 e. The molecule has 0 amide bonds. The van der Waals surface area contributed by atoms with Crippen molar-refractivity contribution in [2.45, 2.75) is 12.1 Å². The van der Waals surface area contributed by atoms with Crippen LogP contribution in [-0.4, -0.2) is 31.7 Å². The van der Waals surface area contributed by atoms with Gasteiger partial charge in [0.2, 0.25) is 5.16 Å². The predicted octanol–water partition coefficient (Wildman–Crippen LogP) is 1.80. The molecular formula is C11H11ClN4O2S. The zero-order valence-corrected chi connectivity index (χ0v) is 11.6. The van der Waals surface area contributed by atoms with Gasteiger partial charge in [0.1, 0.15) is 0 Å². The Kier molecular flexibility index (Phi) is 3.96. The van der Waals surface area contributed by atoms with Crippen LogP contribution >= 0.6 is 23.4 Å². The summed E-state index contributed by atoms with van der Waals surface area (Å²) < 4.78 is 1.26. The van der Waals surface area contributed by atoms with Gasteiger partial charge in [0.05, 0.1) is 5.75 Å². The van der Waals surface area contributed by atoms with E-state index < -0.39 is 5.97 Å². The number of aryl methyl sites for hydroxylation is 1. The molecule has 0 aliphatic rings. The van der Waals surface area contributed by atoms with Crippen molar-refractivity contribution >= 4 is 29.3 Å². The van der Waals surface area contributed by atoms with Crippen molar-refractivity contribution in [2.75, 3.05) is 11.6 Å². The molecule has 0 aliphatic carbocycles. The lowest BCUT2D eigenvalue weighted by Gasteiger charge is -2.04. The average Bonchev–Trinajstić information content (AvgIpc) is 2.66. The molecule has 0 atom stereocenters. The SMILES string of the molecule is Cc1cc(Cl)cc(-c2nnc(SCC(=O)O)n2N)c1. The molecule has 0 aliphatic heterocycles. The molecule has 8 heteroatoms. The zero-order chi connectivity index (χ0) is 14.0. The van der Waals surface area contributed by atoms with Crippen LogP contribution in [-0.2, 0) is 4.79 Å². The lowest BCUT2D eigenvalue weighted by atomic mass is 10.1. The number of carboxylic acids is 1. The number of benzene rings is 1. The monoisotopic (exact) mass is 298 g/mol. The molecule has 2 aromatic rings. The van der Waals surface area contributed by atoms with Gasteiger partial charge in [0, 0.05) is 10.6 Å². The van der Waals surface area contributed by atoms with E-state index in [9.17, 15) is 4.79 Å². The third kappa shape index (κ3) is 3.18. The van der Waals surface area contributed by atoms with Crippen molar-refractivity contribution in [1.82, 2.24) is 14.9 Å². The number of nitrogen functional groups attached to an aromatic ring is 1. The van der Waals surface area contributed by atoms with Crippen molar-refractivity contribution in [1.29, 1.82) is 0 Å². The first-order valence-electron chi connectivity index (χ1n) is 5.30. The van der Waals surface area contributed by atoms with E-state index in [2.05, 4.69) is 10.2 Å². The molecule has 1 aromatic carbocycles. The molecule has 100 valence electrons. The van der Waals surface area contributed by atoms with Crippen LogP contribution in [0.3, 0.4) is 0 Å². The van der Waals surface area contributed by atoms with E-state index in [1.54, 1.807) is 6.07 Å². The topological polar surface area (TPSA) is 94.0 Å². The number of hydrogen-bond acceptors (Lipinski definition) is 5. The number of aromatic nitrogens is 3. The highest BCUT2D eigenvalue weighted by Gasteiger charge is 2.14. The first kappa shape index (κ1) is 13.7. The summed E-state index contributed by atoms with van der Waals surface area (Å²) in [5.74, 6) is 5.24. The number of aliphatic carboxylic acids is 1. The Balaban J connectivity index is 2.33. The Morgan fingerprint density at radius 3 is 2.84 bits per heavy atom. The van der Waals surface area contributed by atoms with Crippen LogP contribution in [0.4, 0.5) is 0 Å². The highest BCUT2D eigenvalue weighted by atomic mass is 35.5. The zero-order valence-electron chi connectivity index (χ0n) is 10.00. The van der Waals surface area contributed by atoms with E-state index in [4.69, 9.17) is 22.6 Å². The largest absolute Gasteiger partial charge is 0.481 e. The second kappa shape index (κ2) is 5.50. The van der Waals surface area contributed by atoms with E-state index in [1.165, 1.54) is 4.68 Å². The minimum atomic E-state index is -0.937. The van der Waals surface area contributed by atoms with Gasteiger partial charge in [-0.2, -0.15) is 0 Å². The van der Waals surface area contributed by atoms with Crippen molar-refractivity contribution < 1.29 is 9.90 Å². The van der Waals surface area contributed by atoms with E-state index in [1.807, 2.05) is 19.1 Å². The van der Waals surface area contributed by atoms with Crippen LogP contribution in [0, 0.1) is 6.92 Å². The van der Waals surface area contributed by atoms with Crippen LogP contribution in [0.15, 0.2) is 23.4 Å². The van der Waals surface area contributed by atoms with Crippen LogP contribution < -0.4 is 5.84 Å². The average molecular weight is 299 g/mol. The first-order chi connectivity index (χ1) is 8.97. The lowest BCUT2D eigenvalue weighted by molar-refractivity contribution is -0.133. The van der Waals surface area contributed by atoms with Gasteiger partial charge in [-0.05, 0) is 30.7 Å². The summed E-state index contributed by atoms with van der Waals surface area (Å²) in [6, 6.07) is 5.43. The number of halogens is 1. The molecule has 0 radical (unpaired) electrons. The second-order valence-corrected chi connectivity index (χ2v) is 5.25. The Morgan fingerprint density at radius 1 is 1.47 bits per heavy atom. The normalized spacial score (nSPS) is 10.6. The lowest BCUT2D eigenvalue weighted by Crippen LogP contribution is -2.12. The first-order valence-corrected chi connectivity index (χ1v) is 6.66. The van der Waals surface area contributed by atoms with Crippen LogP contribution in [0.2, 0.25) is 5.02 Å². The maximum atomic E-state index is 10.5. The summed E-state index contributed by atoms with van der Waals surface area (Å²) in [4.78, 5) is 10.5. The number of hydrogen-bond donors (Lipinski definition) is 2. The van der Waals surface area contributed by atoms with Gasteiger partial charge < -0.3 is 10.9 Å². The predicted molar refractivity (Wildman–Crippen MR) is 73.7 cm³/mol. The van der Waals surface area contributed by atoms with E-state index in [0.717, 1.165) is 22.9 Å². The molecule has 1 heterocycles. The number of carbonyl (C=O) groups is 1. The van der Waals surface area contributed by atoms with Gasteiger partial charge in [0.15, 0.2) is 5.82 Å². The standard InChI is InChI=1S/C11H11ClN4O2S/c1-6-2-7(4-8(12)3-6)10-14-15-11(16(10)13)19-5-9(17)18/h2-4H,5,13H2,1H3,(H,17,18). The van der Waals surface area contributed by atoms with Gasteiger partial charge in [-0.25, -0.2) is 4.68 Å². The third-order valence-corrected chi connectivity index (χ3v) is 3.44. The second-order valence-electron chi connectivity index (χ2n) is 3.88.